The molecule has 1 aliphatic rings. The van der Waals surface area contributed by atoms with Gasteiger partial charge in [0.25, 0.3) is 0 Å². The lowest BCUT2D eigenvalue weighted by atomic mass is 9.89. The summed E-state index contributed by atoms with van der Waals surface area (Å²) in [5.74, 6) is -2.16. The summed E-state index contributed by atoms with van der Waals surface area (Å²) >= 11 is 0. The van der Waals surface area contributed by atoms with E-state index in [4.69, 9.17) is 4.74 Å². The van der Waals surface area contributed by atoms with Crippen LogP contribution in [-0.2, 0) is 0 Å². The van der Waals surface area contributed by atoms with Crippen molar-refractivity contribution in [2.75, 3.05) is 36.5 Å². The highest BCUT2D eigenvalue weighted by Gasteiger charge is 2.32. The van der Waals surface area contributed by atoms with E-state index in [1.807, 2.05) is 32.9 Å². The highest BCUT2D eigenvalue weighted by molar-refractivity contribution is 5.87. The van der Waals surface area contributed by atoms with Crippen molar-refractivity contribution in [3.05, 3.63) is 106 Å². The van der Waals surface area contributed by atoms with E-state index in [0.717, 1.165) is 65.8 Å². The van der Waals surface area contributed by atoms with Crippen molar-refractivity contribution in [1.82, 2.24) is 14.9 Å². The van der Waals surface area contributed by atoms with Crippen LogP contribution in [0.2, 0.25) is 0 Å². The quantitative estimate of drug-likeness (QED) is 0.161. The number of aromatic nitrogens is 2. The fraction of sp³-hybridized carbons (Fsp3) is 0.343. The molecule has 8 nitrogen and oxygen atoms in total. The third kappa shape index (κ3) is 7.95. The lowest BCUT2D eigenvalue weighted by Crippen LogP contribution is -2.36. The van der Waals surface area contributed by atoms with Gasteiger partial charge in [0.2, 0.25) is 5.95 Å². The predicted molar refractivity (Wildman–Crippen MR) is 171 cm³/mol. The molecule has 3 aromatic carbocycles. The van der Waals surface area contributed by atoms with Gasteiger partial charge in [-0.1, -0.05) is 24.1 Å². The standard InChI is InChI=1S/C35H38F3N5O3/c1-22-16-23(2)32(24(3)17-22)33(25-18-26(36)20-27(37)19-25)43(35(44)45)31-10-11-39-34(41-31)40-28-8-9-30(29(38)21-28)46-15-7-14-42-12-5-4-6-13-42/h8-11,16-21,33H,4-7,12-15H2,1-3H3,(H,44,45)(H,39,40,41). The number of piperidine rings is 1. The molecule has 11 heteroatoms. The third-order valence-corrected chi connectivity index (χ3v) is 8.08. The molecular weight excluding hydrogens is 595 g/mol. The molecule has 5 rings (SSSR count). The van der Waals surface area contributed by atoms with Crippen LogP contribution in [0.15, 0.2) is 60.8 Å². The summed E-state index contributed by atoms with van der Waals surface area (Å²) in [6.45, 7) is 9.06. The highest BCUT2D eigenvalue weighted by atomic mass is 19.1. The number of amides is 1. The van der Waals surface area contributed by atoms with Crippen molar-refractivity contribution >= 4 is 23.5 Å². The molecule has 46 heavy (non-hydrogen) atoms. The van der Waals surface area contributed by atoms with Crippen LogP contribution in [0, 0.1) is 38.2 Å². The summed E-state index contributed by atoms with van der Waals surface area (Å²) in [7, 11) is 0. The number of likely N-dealkylation sites (tertiary alicyclic amines) is 1. The molecule has 1 atom stereocenters. The van der Waals surface area contributed by atoms with Crippen LogP contribution in [0.5, 0.6) is 5.75 Å². The summed E-state index contributed by atoms with van der Waals surface area (Å²) in [5.41, 5.74) is 3.44. The van der Waals surface area contributed by atoms with E-state index < -0.39 is 29.6 Å². The zero-order chi connectivity index (χ0) is 32.8. The van der Waals surface area contributed by atoms with Crippen molar-refractivity contribution in [2.45, 2.75) is 52.5 Å². The first-order chi connectivity index (χ1) is 22.1. The Labute approximate surface area is 266 Å². The molecule has 2 heterocycles. The second-order valence-electron chi connectivity index (χ2n) is 11.7. The van der Waals surface area contributed by atoms with Crippen molar-refractivity contribution in [3.63, 3.8) is 0 Å². The maximum absolute atomic E-state index is 14.9. The molecule has 4 aromatic rings. The highest BCUT2D eigenvalue weighted by Crippen LogP contribution is 2.37. The smallest absolute Gasteiger partial charge is 0.413 e. The minimum absolute atomic E-state index is 0.000118. The Morgan fingerprint density at radius 2 is 1.67 bits per heavy atom. The van der Waals surface area contributed by atoms with Crippen LogP contribution in [-0.4, -0.2) is 52.3 Å². The fourth-order valence-electron chi connectivity index (χ4n) is 6.16. The number of carboxylic acid groups (broad SMARTS) is 1. The lowest BCUT2D eigenvalue weighted by molar-refractivity contribution is 0.199. The molecule has 0 saturated carbocycles. The monoisotopic (exact) mass is 633 g/mol. The number of nitrogens with zero attached hydrogens (tertiary/aromatic N) is 4. The fourth-order valence-corrected chi connectivity index (χ4v) is 6.16. The Bertz CT molecular complexity index is 1650. The maximum atomic E-state index is 14.9. The van der Waals surface area contributed by atoms with Gasteiger partial charge in [-0.25, -0.2) is 27.8 Å². The van der Waals surface area contributed by atoms with Gasteiger partial charge < -0.3 is 20.1 Å². The molecule has 1 aromatic heterocycles. The van der Waals surface area contributed by atoms with Crippen LogP contribution >= 0.6 is 0 Å². The van der Waals surface area contributed by atoms with Crippen molar-refractivity contribution < 1.29 is 27.8 Å². The van der Waals surface area contributed by atoms with E-state index in [1.165, 1.54) is 43.7 Å². The van der Waals surface area contributed by atoms with Crippen LogP contribution in [0.4, 0.5) is 35.4 Å². The summed E-state index contributed by atoms with van der Waals surface area (Å²) in [6.07, 6.45) is 4.45. The van der Waals surface area contributed by atoms with Crippen LogP contribution in [0.3, 0.4) is 0 Å². The number of nitrogens with one attached hydrogen (secondary N) is 1. The second kappa shape index (κ2) is 14.6. The SMILES string of the molecule is Cc1cc(C)c(C(c2cc(F)cc(F)c2)N(C(=O)O)c2ccnc(Nc3ccc(OCCCN4CCCCC4)c(F)c3)n2)c(C)c1. The molecule has 0 radical (unpaired) electrons. The number of anilines is 3. The van der Waals surface area contributed by atoms with Gasteiger partial charge >= 0.3 is 6.09 Å². The van der Waals surface area contributed by atoms with Crippen molar-refractivity contribution in [1.29, 1.82) is 0 Å². The average Bonchev–Trinajstić information content (AvgIpc) is 2.99. The van der Waals surface area contributed by atoms with E-state index in [1.54, 1.807) is 6.07 Å². The number of ether oxygens (including phenoxy) is 1. The molecular formula is C35H38F3N5O3. The number of aryl methyl sites for hydroxylation is 3. The maximum Gasteiger partial charge on any atom is 0.413 e. The first-order valence-corrected chi connectivity index (χ1v) is 15.4. The molecule has 1 fully saturated rings. The minimum atomic E-state index is -1.40. The van der Waals surface area contributed by atoms with Gasteiger partial charge in [-0.05, 0) is 106 Å². The summed E-state index contributed by atoms with van der Waals surface area (Å²) in [5, 5.41) is 13.4. The Morgan fingerprint density at radius 3 is 2.33 bits per heavy atom. The number of hydrogen-bond acceptors (Lipinski definition) is 6. The molecule has 1 saturated heterocycles. The van der Waals surface area contributed by atoms with Gasteiger partial charge in [-0.3, -0.25) is 0 Å². The van der Waals surface area contributed by atoms with Crippen LogP contribution in [0.1, 0.15) is 59.5 Å². The third-order valence-electron chi connectivity index (χ3n) is 8.08. The lowest BCUT2D eigenvalue weighted by Gasteiger charge is -2.32. The Kier molecular flexibility index (Phi) is 10.4. The number of carbonyl (C=O) groups is 1. The predicted octanol–water partition coefficient (Wildman–Crippen LogP) is 8.09. The van der Waals surface area contributed by atoms with Crippen LogP contribution < -0.4 is 15.0 Å². The molecule has 1 aliphatic heterocycles. The van der Waals surface area contributed by atoms with Gasteiger partial charge in [0.1, 0.15) is 17.5 Å². The Balaban J connectivity index is 1.39. The Hall–Kier alpha value is -4.64. The van der Waals surface area contributed by atoms with Gasteiger partial charge in [0.15, 0.2) is 11.6 Å². The van der Waals surface area contributed by atoms with E-state index in [-0.39, 0.29) is 23.1 Å². The largest absolute Gasteiger partial charge is 0.490 e. The topological polar surface area (TPSA) is 90.8 Å². The Morgan fingerprint density at radius 1 is 0.978 bits per heavy atom. The molecule has 0 bridgehead atoms. The molecule has 0 aliphatic carbocycles. The minimum Gasteiger partial charge on any atom is -0.490 e. The van der Waals surface area contributed by atoms with Gasteiger partial charge in [0, 0.05) is 30.6 Å². The average molecular weight is 634 g/mol. The van der Waals surface area contributed by atoms with Gasteiger partial charge in [0.05, 0.1) is 12.6 Å². The molecule has 1 unspecified atom stereocenters. The van der Waals surface area contributed by atoms with E-state index in [0.29, 0.717) is 17.9 Å². The molecule has 0 spiro atoms. The summed E-state index contributed by atoms with van der Waals surface area (Å²) in [6, 6.07) is 11.4. The molecule has 1 amide bonds. The first-order valence-electron chi connectivity index (χ1n) is 15.4. The zero-order valence-electron chi connectivity index (χ0n) is 26.2. The summed E-state index contributed by atoms with van der Waals surface area (Å²) in [4.78, 5) is 24.9. The van der Waals surface area contributed by atoms with Gasteiger partial charge in [-0.2, -0.15) is 4.98 Å². The number of rotatable bonds is 11. The second-order valence-corrected chi connectivity index (χ2v) is 11.7. The van der Waals surface area contributed by atoms with E-state index in [9.17, 15) is 23.1 Å². The van der Waals surface area contributed by atoms with Crippen LogP contribution in [0.25, 0.3) is 0 Å². The first kappa shape index (κ1) is 32.7. The summed E-state index contributed by atoms with van der Waals surface area (Å²) < 4.78 is 49.6. The van der Waals surface area contributed by atoms with Gasteiger partial charge in [-0.15, -0.1) is 0 Å². The van der Waals surface area contributed by atoms with Crippen molar-refractivity contribution in [2.24, 2.45) is 0 Å². The van der Waals surface area contributed by atoms with E-state index >= 15 is 0 Å². The van der Waals surface area contributed by atoms with Crippen molar-refractivity contribution in [3.8, 4) is 5.75 Å². The molecule has 242 valence electrons. The number of halogens is 3. The zero-order valence-corrected chi connectivity index (χ0v) is 26.2. The number of hydrogen-bond donors (Lipinski definition) is 2. The van der Waals surface area contributed by atoms with E-state index in [2.05, 4.69) is 20.2 Å². The normalized spacial score (nSPS) is 14.1. The number of benzene rings is 3. The molecule has 2 N–H and O–H groups in total.